The summed E-state index contributed by atoms with van der Waals surface area (Å²) in [6.45, 7) is 9.21. The molecule has 0 fully saturated rings. The molecule has 3 N–H and O–H groups in total. The van der Waals surface area contributed by atoms with Gasteiger partial charge < -0.3 is 20.5 Å². The Hall–Kier alpha value is -5.90. The van der Waals surface area contributed by atoms with Crippen LogP contribution in [0.1, 0.15) is 99.3 Å². The zero-order valence-corrected chi connectivity index (χ0v) is 32.1. The third-order valence-electron chi connectivity index (χ3n) is 9.43. The summed E-state index contributed by atoms with van der Waals surface area (Å²) in [5.74, 6) is -0.612. The number of carbonyl (C=O) groups is 3. The molecule has 2 atom stereocenters. The van der Waals surface area contributed by atoms with Crippen LogP contribution in [-0.2, 0) is 21.4 Å². The van der Waals surface area contributed by atoms with E-state index >= 15 is 0 Å². The number of pyridine rings is 1. The number of nitrogens with one attached hydrogen (secondary N) is 2. The number of aromatic nitrogens is 3. The largest absolute Gasteiger partial charge is 0.494 e. The topological polar surface area (TPSA) is 143 Å². The van der Waals surface area contributed by atoms with Gasteiger partial charge in [-0.15, -0.1) is 0 Å². The molecule has 1 unspecified atom stereocenters. The molecule has 10 heteroatoms. The van der Waals surface area contributed by atoms with Crippen molar-refractivity contribution in [1.82, 2.24) is 25.6 Å². The standard InChI is InChI=1S/C45H51N5O5/c1-5-6-7-8-9-25-55-38-22-18-32(19-23-38)36-29-47-42(48-30-36)33-14-12-31(13-15-33)26-40(50-43(53)34-16-20-37(21-17-34)45(2,3)4)44(54)49-39(27-41(51)52)35-11-10-24-46-28-35/h10-24,28-30,39-40H,5-9,25-27H2,1-4H3,(H,49,54)(H,50,53)(H,51,52)/t39?,40-/m0/s1. The number of rotatable bonds is 18. The van der Waals surface area contributed by atoms with Crippen LogP contribution in [-0.4, -0.2) is 50.5 Å². The number of amides is 2. The molecule has 0 aliphatic rings. The van der Waals surface area contributed by atoms with Crippen LogP contribution in [0.15, 0.2) is 110 Å². The first-order valence-corrected chi connectivity index (χ1v) is 19.0. The molecule has 0 aliphatic heterocycles. The first-order valence-electron chi connectivity index (χ1n) is 19.0. The van der Waals surface area contributed by atoms with Crippen LogP contribution in [0.25, 0.3) is 22.5 Å². The Morgan fingerprint density at radius 3 is 2.05 bits per heavy atom. The van der Waals surface area contributed by atoms with Crippen LogP contribution in [0.4, 0.5) is 0 Å². The third kappa shape index (κ3) is 12.1. The number of ether oxygens (including phenoxy) is 1. The van der Waals surface area contributed by atoms with Crippen molar-refractivity contribution in [2.75, 3.05) is 6.61 Å². The average Bonchev–Trinajstić information content (AvgIpc) is 3.19. The van der Waals surface area contributed by atoms with E-state index in [0.717, 1.165) is 40.0 Å². The lowest BCUT2D eigenvalue weighted by atomic mass is 9.86. The minimum atomic E-state index is -1.08. The van der Waals surface area contributed by atoms with Crippen LogP contribution >= 0.6 is 0 Å². The van der Waals surface area contributed by atoms with Crippen LogP contribution < -0.4 is 15.4 Å². The van der Waals surface area contributed by atoms with Crippen LogP contribution in [0, 0.1) is 0 Å². The Morgan fingerprint density at radius 1 is 0.764 bits per heavy atom. The number of benzene rings is 3. The first-order chi connectivity index (χ1) is 26.5. The lowest BCUT2D eigenvalue weighted by Gasteiger charge is -2.23. The van der Waals surface area contributed by atoms with E-state index in [4.69, 9.17) is 4.74 Å². The van der Waals surface area contributed by atoms with Gasteiger partial charge >= 0.3 is 5.97 Å². The maximum atomic E-state index is 13.8. The molecule has 3 aromatic carbocycles. The molecule has 2 amide bonds. The van der Waals surface area contributed by atoms with Crippen LogP contribution in [0.5, 0.6) is 5.75 Å². The summed E-state index contributed by atoms with van der Waals surface area (Å²) in [7, 11) is 0. The summed E-state index contributed by atoms with van der Waals surface area (Å²) in [6.07, 6.45) is 12.5. The fourth-order valence-corrected chi connectivity index (χ4v) is 6.14. The van der Waals surface area contributed by atoms with Gasteiger partial charge in [-0.25, -0.2) is 9.97 Å². The fraction of sp³-hybridized carbons (Fsp3) is 0.333. The van der Waals surface area contributed by atoms with Crippen molar-refractivity contribution in [2.45, 2.75) is 90.1 Å². The van der Waals surface area contributed by atoms with E-state index in [-0.39, 0.29) is 18.3 Å². The second kappa shape index (κ2) is 19.4. The lowest BCUT2D eigenvalue weighted by Crippen LogP contribution is -2.49. The number of unbranched alkanes of at least 4 members (excludes halogenated alkanes) is 4. The number of hydrogen-bond acceptors (Lipinski definition) is 7. The second-order valence-corrected chi connectivity index (χ2v) is 14.8. The summed E-state index contributed by atoms with van der Waals surface area (Å²) < 4.78 is 5.90. The van der Waals surface area contributed by atoms with E-state index in [9.17, 15) is 19.5 Å². The minimum absolute atomic E-state index is 0.0865. The van der Waals surface area contributed by atoms with E-state index < -0.39 is 29.9 Å². The molecular weight excluding hydrogens is 691 g/mol. The Bertz CT molecular complexity index is 1980. The Balaban J connectivity index is 1.27. The van der Waals surface area contributed by atoms with Gasteiger partial charge in [-0.3, -0.25) is 19.4 Å². The predicted octanol–water partition coefficient (Wildman–Crippen LogP) is 8.53. The third-order valence-corrected chi connectivity index (χ3v) is 9.43. The van der Waals surface area contributed by atoms with Crippen molar-refractivity contribution >= 4 is 17.8 Å². The van der Waals surface area contributed by atoms with Gasteiger partial charge in [0.2, 0.25) is 5.91 Å². The fourth-order valence-electron chi connectivity index (χ4n) is 6.14. The zero-order chi connectivity index (χ0) is 39.2. The van der Waals surface area contributed by atoms with E-state index in [1.807, 2.05) is 60.7 Å². The summed E-state index contributed by atoms with van der Waals surface area (Å²) in [4.78, 5) is 52.4. The van der Waals surface area contributed by atoms with E-state index in [1.54, 1.807) is 42.9 Å². The molecule has 2 aromatic heterocycles. The molecule has 0 radical (unpaired) electrons. The molecule has 10 nitrogen and oxygen atoms in total. The maximum Gasteiger partial charge on any atom is 0.305 e. The average molecular weight is 742 g/mol. The summed E-state index contributed by atoms with van der Waals surface area (Å²) in [5, 5.41) is 15.3. The summed E-state index contributed by atoms with van der Waals surface area (Å²) in [6, 6.07) is 24.3. The highest BCUT2D eigenvalue weighted by Crippen LogP contribution is 2.25. The van der Waals surface area contributed by atoms with Crippen LogP contribution in [0.2, 0.25) is 0 Å². The van der Waals surface area contributed by atoms with Gasteiger partial charge in [0, 0.05) is 47.9 Å². The molecule has 0 bridgehead atoms. The summed E-state index contributed by atoms with van der Waals surface area (Å²) in [5.41, 5.74) is 5.40. The molecule has 5 rings (SSSR count). The van der Waals surface area contributed by atoms with Crippen molar-refractivity contribution in [3.8, 4) is 28.3 Å². The lowest BCUT2D eigenvalue weighted by molar-refractivity contribution is -0.137. The molecule has 0 spiro atoms. The molecule has 2 heterocycles. The Morgan fingerprint density at radius 2 is 1.44 bits per heavy atom. The smallest absolute Gasteiger partial charge is 0.305 e. The van der Waals surface area contributed by atoms with Crippen molar-refractivity contribution < 1.29 is 24.2 Å². The molecule has 55 heavy (non-hydrogen) atoms. The monoisotopic (exact) mass is 741 g/mol. The van der Waals surface area contributed by atoms with Crippen LogP contribution in [0.3, 0.4) is 0 Å². The number of hydrogen-bond donors (Lipinski definition) is 3. The number of nitrogens with zero attached hydrogens (tertiary/aromatic N) is 3. The SMILES string of the molecule is CCCCCCCOc1ccc(-c2cnc(-c3ccc(C[C@H](NC(=O)c4ccc(C(C)(C)C)cc4)C(=O)NC(CC(=O)O)c4cccnc4)cc3)nc2)cc1. The van der Waals surface area contributed by atoms with Crippen molar-refractivity contribution in [3.05, 3.63) is 132 Å². The predicted molar refractivity (Wildman–Crippen MR) is 215 cm³/mol. The molecule has 286 valence electrons. The van der Waals surface area contributed by atoms with Gasteiger partial charge in [0.25, 0.3) is 5.91 Å². The van der Waals surface area contributed by atoms with Crippen molar-refractivity contribution in [3.63, 3.8) is 0 Å². The van der Waals surface area contributed by atoms with Gasteiger partial charge in [0.1, 0.15) is 11.8 Å². The quantitative estimate of drug-likeness (QED) is 0.0759. The molecule has 0 saturated heterocycles. The summed E-state index contributed by atoms with van der Waals surface area (Å²) >= 11 is 0. The minimum Gasteiger partial charge on any atom is -0.494 e. The molecule has 0 aliphatic carbocycles. The number of carboxylic acid groups (broad SMARTS) is 1. The van der Waals surface area contributed by atoms with Gasteiger partial charge in [0.15, 0.2) is 5.82 Å². The van der Waals surface area contributed by atoms with Gasteiger partial charge in [0.05, 0.1) is 19.1 Å². The normalized spacial score (nSPS) is 12.4. The maximum absolute atomic E-state index is 13.8. The van der Waals surface area contributed by atoms with E-state index in [2.05, 4.69) is 53.3 Å². The van der Waals surface area contributed by atoms with Gasteiger partial charge in [-0.1, -0.05) is 108 Å². The molecular formula is C45H51N5O5. The highest BCUT2D eigenvalue weighted by Gasteiger charge is 2.27. The second-order valence-electron chi connectivity index (χ2n) is 14.8. The first kappa shape index (κ1) is 40.3. The number of aliphatic carboxylic acids is 1. The van der Waals surface area contributed by atoms with E-state index in [0.29, 0.717) is 23.6 Å². The van der Waals surface area contributed by atoms with Gasteiger partial charge in [-0.05, 0) is 64.4 Å². The van der Waals surface area contributed by atoms with Crippen molar-refractivity contribution in [1.29, 1.82) is 0 Å². The molecule has 0 saturated carbocycles. The van der Waals surface area contributed by atoms with E-state index in [1.165, 1.54) is 31.9 Å². The zero-order valence-electron chi connectivity index (χ0n) is 32.1. The number of carboxylic acids is 1. The highest BCUT2D eigenvalue weighted by atomic mass is 16.5. The molecule has 5 aromatic rings. The highest BCUT2D eigenvalue weighted by molar-refractivity contribution is 5.97. The Kier molecular flexibility index (Phi) is 14.2. The van der Waals surface area contributed by atoms with Crippen molar-refractivity contribution in [2.24, 2.45) is 0 Å². The Labute approximate surface area is 323 Å². The number of carbonyl (C=O) groups excluding carboxylic acids is 2. The van der Waals surface area contributed by atoms with Gasteiger partial charge in [-0.2, -0.15) is 0 Å².